The number of allylic oxidation sites excluding steroid dienone is 2. The largest absolute Gasteiger partial charge is 0.426 e. The molecular formula is C27H26N2O5. The average Bonchev–Trinajstić information content (AvgIpc) is 3.32. The first kappa shape index (κ1) is 22.1. The number of likely N-dealkylation sites (tertiary alicyclic amines) is 1. The van der Waals surface area contributed by atoms with Crippen LogP contribution in [0.15, 0.2) is 66.2 Å². The molecule has 0 radical (unpaired) electrons. The molecule has 0 saturated carbocycles. The molecule has 2 aromatic rings. The van der Waals surface area contributed by atoms with E-state index in [1.165, 1.54) is 4.90 Å². The summed E-state index contributed by atoms with van der Waals surface area (Å²) < 4.78 is 5.51. The monoisotopic (exact) mass is 458 g/mol. The highest BCUT2D eigenvalue weighted by Crippen LogP contribution is 2.40. The van der Waals surface area contributed by atoms with Gasteiger partial charge in [-0.2, -0.15) is 0 Å². The molecule has 3 aliphatic rings. The minimum Gasteiger partial charge on any atom is -0.426 e. The van der Waals surface area contributed by atoms with Gasteiger partial charge in [-0.05, 0) is 49.6 Å². The Morgan fingerprint density at radius 3 is 2.38 bits per heavy atom. The van der Waals surface area contributed by atoms with Crippen LogP contribution in [0.1, 0.15) is 31.7 Å². The molecule has 7 heteroatoms. The van der Waals surface area contributed by atoms with Crippen LogP contribution >= 0.6 is 0 Å². The maximum atomic E-state index is 12.9. The number of nitrogens with zero attached hydrogens (tertiary/aromatic N) is 2. The van der Waals surface area contributed by atoms with Crippen molar-refractivity contribution in [2.45, 2.75) is 32.7 Å². The van der Waals surface area contributed by atoms with Crippen molar-refractivity contribution >= 4 is 29.4 Å². The standard InChI is InChI=1S/C27H26N2O5/c1-17-7-12-22-23(13-17)26(32)29(25(22)31)20-8-10-21(11-9-20)34-27(33)19-14-24(30)28(16-19)15-18-5-3-2-4-6-18/h2-11,19,22-23H,12-16H2,1H3/t19-,22-,23-/m0/s1. The van der Waals surface area contributed by atoms with Crippen LogP contribution < -0.4 is 9.64 Å². The third kappa shape index (κ3) is 4.14. The first-order chi connectivity index (χ1) is 16.4. The summed E-state index contributed by atoms with van der Waals surface area (Å²) in [5.74, 6) is -1.69. The molecule has 2 heterocycles. The fourth-order valence-corrected chi connectivity index (χ4v) is 5.04. The van der Waals surface area contributed by atoms with Gasteiger partial charge in [0.05, 0.1) is 23.4 Å². The van der Waals surface area contributed by atoms with E-state index in [1.807, 2.05) is 43.3 Å². The molecular weight excluding hydrogens is 432 g/mol. The summed E-state index contributed by atoms with van der Waals surface area (Å²) in [4.78, 5) is 53.7. The highest BCUT2D eigenvalue weighted by atomic mass is 16.5. The number of hydrogen-bond donors (Lipinski definition) is 0. The van der Waals surface area contributed by atoms with Crippen LogP contribution in [0.4, 0.5) is 5.69 Å². The third-order valence-corrected chi connectivity index (χ3v) is 6.90. The van der Waals surface area contributed by atoms with Gasteiger partial charge in [0.25, 0.3) is 0 Å². The Bertz CT molecular complexity index is 1170. The van der Waals surface area contributed by atoms with Crippen molar-refractivity contribution in [3.05, 3.63) is 71.8 Å². The maximum absolute atomic E-state index is 12.9. The molecule has 5 rings (SSSR count). The lowest BCUT2D eigenvalue weighted by Crippen LogP contribution is -2.30. The number of hydrogen-bond acceptors (Lipinski definition) is 5. The Morgan fingerprint density at radius 2 is 1.65 bits per heavy atom. The lowest BCUT2D eigenvalue weighted by molar-refractivity contribution is -0.139. The average molecular weight is 459 g/mol. The second-order valence-electron chi connectivity index (χ2n) is 9.29. The fraction of sp³-hybridized carbons (Fsp3) is 0.333. The summed E-state index contributed by atoms with van der Waals surface area (Å²) in [6.45, 7) is 2.77. The molecule has 2 fully saturated rings. The number of esters is 1. The van der Waals surface area contributed by atoms with Crippen molar-refractivity contribution in [2.24, 2.45) is 17.8 Å². The Kier molecular flexibility index (Phi) is 5.77. The molecule has 1 aliphatic carbocycles. The highest BCUT2D eigenvalue weighted by molar-refractivity contribution is 6.22. The third-order valence-electron chi connectivity index (χ3n) is 6.90. The van der Waals surface area contributed by atoms with Crippen LogP contribution in [-0.4, -0.2) is 35.1 Å². The summed E-state index contributed by atoms with van der Waals surface area (Å²) in [5, 5.41) is 0. The number of fused-ring (bicyclic) bond motifs is 1. The number of ether oxygens (including phenoxy) is 1. The first-order valence-corrected chi connectivity index (χ1v) is 11.6. The molecule has 2 aromatic carbocycles. The van der Waals surface area contributed by atoms with Gasteiger partial charge in [0.15, 0.2) is 0 Å². The number of carbonyl (C=O) groups excluding carboxylic acids is 4. The van der Waals surface area contributed by atoms with Gasteiger partial charge in [0, 0.05) is 19.5 Å². The van der Waals surface area contributed by atoms with E-state index in [1.54, 1.807) is 29.2 Å². The van der Waals surface area contributed by atoms with Crippen molar-refractivity contribution in [3.63, 3.8) is 0 Å². The van der Waals surface area contributed by atoms with E-state index in [4.69, 9.17) is 4.74 Å². The van der Waals surface area contributed by atoms with E-state index in [0.717, 1.165) is 11.1 Å². The van der Waals surface area contributed by atoms with Crippen molar-refractivity contribution in [1.82, 2.24) is 4.90 Å². The lowest BCUT2D eigenvalue weighted by atomic mass is 9.82. The predicted octanol–water partition coefficient (Wildman–Crippen LogP) is 3.49. The first-order valence-electron chi connectivity index (χ1n) is 11.6. The van der Waals surface area contributed by atoms with Gasteiger partial charge in [0.2, 0.25) is 17.7 Å². The van der Waals surface area contributed by atoms with Gasteiger partial charge in [-0.15, -0.1) is 0 Å². The van der Waals surface area contributed by atoms with E-state index in [9.17, 15) is 19.2 Å². The molecule has 34 heavy (non-hydrogen) atoms. The van der Waals surface area contributed by atoms with Crippen molar-refractivity contribution < 1.29 is 23.9 Å². The molecule has 0 bridgehead atoms. The zero-order chi connectivity index (χ0) is 23.8. The van der Waals surface area contributed by atoms with Crippen molar-refractivity contribution in [2.75, 3.05) is 11.4 Å². The maximum Gasteiger partial charge on any atom is 0.316 e. The summed E-state index contributed by atoms with van der Waals surface area (Å²) in [6, 6.07) is 16.1. The molecule has 174 valence electrons. The van der Waals surface area contributed by atoms with E-state index < -0.39 is 11.9 Å². The summed E-state index contributed by atoms with van der Waals surface area (Å²) in [6.07, 6.45) is 3.36. The SMILES string of the molecule is CC1=CC[C@@H]2C(=O)N(c3ccc(OC(=O)[C@H]4CC(=O)N(Cc5ccccc5)C4)cc3)C(=O)[C@H]2C1. The number of imide groups is 1. The van der Waals surface area contributed by atoms with Crippen LogP contribution in [0.2, 0.25) is 0 Å². The van der Waals surface area contributed by atoms with Crippen molar-refractivity contribution in [3.8, 4) is 5.75 Å². The van der Waals surface area contributed by atoms with E-state index >= 15 is 0 Å². The van der Waals surface area contributed by atoms with E-state index in [0.29, 0.717) is 37.4 Å². The summed E-state index contributed by atoms with van der Waals surface area (Å²) >= 11 is 0. The Morgan fingerprint density at radius 1 is 0.941 bits per heavy atom. The fourth-order valence-electron chi connectivity index (χ4n) is 5.04. The number of rotatable bonds is 5. The number of benzene rings is 2. The quantitative estimate of drug-likeness (QED) is 0.296. The number of carbonyl (C=O) groups is 4. The van der Waals surface area contributed by atoms with Gasteiger partial charge in [-0.3, -0.25) is 24.1 Å². The summed E-state index contributed by atoms with van der Waals surface area (Å²) in [7, 11) is 0. The normalized spacial score (nSPS) is 24.3. The topological polar surface area (TPSA) is 84.0 Å². The van der Waals surface area contributed by atoms with Crippen molar-refractivity contribution in [1.29, 1.82) is 0 Å². The van der Waals surface area contributed by atoms with Gasteiger partial charge < -0.3 is 9.64 Å². The van der Waals surface area contributed by atoms with Crippen LogP contribution in [-0.2, 0) is 25.7 Å². The van der Waals surface area contributed by atoms with E-state index in [-0.39, 0.29) is 36.0 Å². The number of anilines is 1. The van der Waals surface area contributed by atoms with Gasteiger partial charge >= 0.3 is 5.97 Å². The molecule has 0 spiro atoms. The van der Waals surface area contributed by atoms with Crippen LogP contribution in [0.3, 0.4) is 0 Å². The minimum absolute atomic E-state index is 0.0709. The Hall–Kier alpha value is -3.74. The zero-order valence-electron chi connectivity index (χ0n) is 19.0. The highest BCUT2D eigenvalue weighted by Gasteiger charge is 2.48. The molecule has 0 aromatic heterocycles. The lowest BCUT2D eigenvalue weighted by Gasteiger charge is -2.18. The van der Waals surface area contributed by atoms with Gasteiger partial charge in [0.1, 0.15) is 5.75 Å². The minimum atomic E-state index is -0.531. The van der Waals surface area contributed by atoms with Crippen LogP contribution in [0.25, 0.3) is 0 Å². The smallest absolute Gasteiger partial charge is 0.316 e. The van der Waals surface area contributed by atoms with Gasteiger partial charge in [-0.1, -0.05) is 42.0 Å². The molecule has 3 atom stereocenters. The second kappa shape index (κ2) is 8.89. The molecule has 3 amide bonds. The second-order valence-corrected chi connectivity index (χ2v) is 9.29. The molecule has 2 saturated heterocycles. The van der Waals surface area contributed by atoms with Crippen LogP contribution in [0.5, 0.6) is 5.75 Å². The number of amides is 3. The predicted molar refractivity (Wildman–Crippen MR) is 125 cm³/mol. The Labute approximate surface area is 198 Å². The Balaban J connectivity index is 1.21. The molecule has 2 aliphatic heterocycles. The molecule has 0 N–H and O–H groups in total. The zero-order valence-corrected chi connectivity index (χ0v) is 19.0. The summed E-state index contributed by atoms with van der Waals surface area (Å²) in [5.41, 5.74) is 2.63. The van der Waals surface area contributed by atoms with E-state index in [2.05, 4.69) is 0 Å². The molecule has 7 nitrogen and oxygen atoms in total. The van der Waals surface area contributed by atoms with Gasteiger partial charge in [-0.25, -0.2) is 0 Å². The van der Waals surface area contributed by atoms with Crippen LogP contribution in [0, 0.1) is 17.8 Å². The molecule has 0 unspecified atom stereocenters.